The molecule has 100 valence electrons. The minimum absolute atomic E-state index is 0.0527. The van der Waals surface area contributed by atoms with Crippen molar-refractivity contribution in [1.82, 2.24) is 4.90 Å². The second-order valence-electron chi connectivity index (χ2n) is 5.07. The van der Waals surface area contributed by atoms with E-state index in [1.807, 2.05) is 0 Å². The van der Waals surface area contributed by atoms with Gasteiger partial charge in [0, 0.05) is 31.0 Å². The Morgan fingerprint density at radius 2 is 2.12 bits per heavy atom. The maximum atomic E-state index is 12.5. The molecule has 0 bridgehead atoms. The standard InChI is InChI=1S/C10H18FNO4S/c1-10(2,3-4-13)12-6-8(5-9(12)14)7-17(11,15)16/h8,13H,3-7H2,1-2H3. The van der Waals surface area contributed by atoms with Gasteiger partial charge in [0.05, 0.1) is 5.75 Å². The highest BCUT2D eigenvalue weighted by Gasteiger charge is 2.39. The minimum atomic E-state index is -4.54. The van der Waals surface area contributed by atoms with E-state index in [9.17, 15) is 17.1 Å². The molecular weight excluding hydrogens is 249 g/mol. The molecule has 1 atom stereocenters. The Bertz CT molecular complexity index is 393. The van der Waals surface area contributed by atoms with Crippen molar-refractivity contribution >= 4 is 16.1 Å². The number of hydrogen-bond donors (Lipinski definition) is 1. The number of hydrogen-bond acceptors (Lipinski definition) is 4. The topological polar surface area (TPSA) is 74.7 Å². The molecule has 1 amide bonds. The summed E-state index contributed by atoms with van der Waals surface area (Å²) in [5.74, 6) is -1.28. The lowest BCUT2D eigenvalue weighted by atomic mass is 9.99. The fourth-order valence-corrected chi connectivity index (χ4v) is 2.95. The van der Waals surface area contributed by atoms with E-state index in [0.717, 1.165) is 0 Å². The molecule has 1 aliphatic heterocycles. The summed E-state index contributed by atoms with van der Waals surface area (Å²) in [5, 5.41) is 8.91. The van der Waals surface area contributed by atoms with Gasteiger partial charge >= 0.3 is 10.2 Å². The van der Waals surface area contributed by atoms with E-state index >= 15 is 0 Å². The average molecular weight is 267 g/mol. The van der Waals surface area contributed by atoms with Gasteiger partial charge in [0.2, 0.25) is 5.91 Å². The van der Waals surface area contributed by atoms with E-state index in [4.69, 9.17) is 5.11 Å². The molecule has 1 N–H and O–H groups in total. The zero-order valence-corrected chi connectivity index (χ0v) is 10.8. The largest absolute Gasteiger partial charge is 0.396 e. The Morgan fingerprint density at radius 3 is 2.59 bits per heavy atom. The number of nitrogens with zero attached hydrogens (tertiary/aromatic N) is 1. The van der Waals surface area contributed by atoms with E-state index in [-0.39, 0.29) is 25.5 Å². The molecule has 0 aromatic rings. The molecule has 0 aliphatic carbocycles. The number of likely N-dealkylation sites (tertiary alicyclic amines) is 1. The fraction of sp³-hybridized carbons (Fsp3) is 0.900. The molecule has 1 unspecified atom stereocenters. The van der Waals surface area contributed by atoms with Gasteiger partial charge in [-0.2, -0.15) is 8.42 Å². The van der Waals surface area contributed by atoms with Gasteiger partial charge in [-0.3, -0.25) is 4.79 Å². The summed E-state index contributed by atoms with van der Waals surface area (Å²) >= 11 is 0. The number of aliphatic hydroxyl groups excluding tert-OH is 1. The van der Waals surface area contributed by atoms with Crippen LogP contribution in [0.25, 0.3) is 0 Å². The number of halogens is 1. The molecule has 0 aromatic carbocycles. The maximum absolute atomic E-state index is 12.5. The van der Waals surface area contributed by atoms with E-state index in [2.05, 4.69) is 0 Å². The van der Waals surface area contributed by atoms with Crippen molar-refractivity contribution in [3.05, 3.63) is 0 Å². The fourth-order valence-electron chi connectivity index (χ4n) is 2.17. The average Bonchev–Trinajstić information content (AvgIpc) is 2.43. The van der Waals surface area contributed by atoms with Crippen LogP contribution in [0.2, 0.25) is 0 Å². The summed E-state index contributed by atoms with van der Waals surface area (Å²) in [7, 11) is -4.54. The third kappa shape index (κ3) is 3.92. The third-order valence-corrected chi connectivity index (χ3v) is 3.96. The zero-order chi connectivity index (χ0) is 13.3. The van der Waals surface area contributed by atoms with E-state index in [0.29, 0.717) is 6.42 Å². The van der Waals surface area contributed by atoms with Gasteiger partial charge in [-0.15, -0.1) is 3.89 Å². The van der Waals surface area contributed by atoms with Gasteiger partial charge in [-0.1, -0.05) is 0 Å². The first-order chi connectivity index (χ1) is 7.65. The minimum Gasteiger partial charge on any atom is -0.396 e. The van der Waals surface area contributed by atoms with Gasteiger partial charge < -0.3 is 10.0 Å². The Kier molecular flexibility index (Phi) is 4.14. The quantitative estimate of drug-likeness (QED) is 0.727. The van der Waals surface area contributed by atoms with Gasteiger partial charge in [0.15, 0.2) is 0 Å². The van der Waals surface area contributed by atoms with Crippen LogP contribution >= 0.6 is 0 Å². The Balaban J connectivity index is 2.70. The Labute approximate surface area is 101 Å². The second-order valence-corrected chi connectivity index (χ2v) is 6.48. The molecule has 1 fully saturated rings. The monoisotopic (exact) mass is 267 g/mol. The molecular formula is C10H18FNO4S. The van der Waals surface area contributed by atoms with Crippen LogP contribution in [0, 0.1) is 5.92 Å². The lowest BCUT2D eigenvalue weighted by Crippen LogP contribution is -2.45. The Morgan fingerprint density at radius 1 is 1.53 bits per heavy atom. The number of amides is 1. The van der Waals surface area contributed by atoms with Crippen LogP contribution < -0.4 is 0 Å². The Hall–Kier alpha value is -0.690. The van der Waals surface area contributed by atoms with Gasteiger partial charge in [0.25, 0.3) is 0 Å². The van der Waals surface area contributed by atoms with Crippen molar-refractivity contribution in [2.24, 2.45) is 5.92 Å². The van der Waals surface area contributed by atoms with E-state index in [1.165, 1.54) is 4.90 Å². The highest BCUT2D eigenvalue weighted by Crippen LogP contribution is 2.29. The number of rotatable bonds is 5. The molecule has 1 heterocycles. The number of carbonyl (C=O) groups is 1. The summed E-state index contributed by atoms with van der Waals surface area (Å²) in [4.78, 5) is 13.2. The summed E-state index contributed by atoms with van der Waals surface area (Å²) in [6, 6.07) is 0. The van der Waals surface area contributed by atoms with Crippen molar-refractivity contribution in [3.8, 4) is 0 Å². The summed E-state index contributed by atoms with van der Waals surface area (Å²) < 4.78 is 33.6. The van der Waals surface area contributed by atoms with Crippen LogP contribution in [0.3, 0.4) is 0 Å². The molecule has 0 spiro atoms. The molecule has 5 nitrogen and oxygen atoms in total. The van der Waals surface area contributed by atoms with E-state index in [1.54, 1.807) is 13.8 Å². The first-order valence-corrected chi connectivity index (χ1v) is 7.04. The van der Waals surface area contributed by atoms with Crippen molar-refractivity contribution in [2.45, 2.75) is 32.2 Å². The molecule has 1 rings (SSSR count). The zero-order valence-electron chi connectivity index (χ0n) is 10.0. The highest BCUT2D eigenvalue weighted by atomic mass is 32.3. The normalized spacial score (nSPS) is 22.2. The van der Waals surface area contributed by atoms with Gasteiger partial charge in [-0.05, 0) is 20.3 Å². The van der Waals surface area contributed by atoms with Crippen molar-refractivity contribution in [3.63, 3.8) is 0 Å². The van der Waals surface area contributed by atoms with Gasteiger partial charge in [-0.25, -0.2) is 0 Å². The molecule has 0 saturated carbocycles. The summed E-state index contributed by atoms with van der Waals surface area (Å²) in [6.45, 7) is 3.78. The predicted octanol–water partition coefficient (Wildman–Crippen LogP) is 0.295. The summed E-state index contributed by atoms with van der Waals surface area (Å²) in [6.07, 6.45) is 0.464. The predicted molar refractivity (Wildman–Crippen MR) is 60.5 cm³/mol. The van der Waals surface area contributed by atoms with Crippen LogP contribution in [0.5, 0.6) is 0 Å². The number of aliphatic hydroxyl groups is 1. The smallest absolute Gasteiger partial charge is 0.302 e. The van der Waals surface area contributed by atoms with Crippen LogP contribution in [-0.4, -0.2) is 48.8 Å². The van der Waals surface area contributed by atoms with Crippen LogP contribution in [0.15, 0.2) is 0 Å². The van der Waals surface area contributed by atoms with Gasteiger partial charge in [0.1, 0.15) is 0 Å². The van der Waals surface area contributed by atoms with Crippen LogP contribution in [-0.2, 0) is 15.0 Å². The maximum Gasteiger partial charge on any atom is 0.302 e. The number of carbonyl (C=O) groups excluding carboxylic acids is 1. The molecule has 0 aromatic heterocycles. The lowest BCUT2D eigenvalue weighted by molar-refractivity contribution is -0.132. The molecule has 1 saturated heterocycles. The van der Waals surface area contributed by atoms with E-state index < -0.39 is 27.4 Å². The van der Waals surface area contributed by atoms with Crippen LogP contribution in [0.4, 0.5) is 3.89 Å². The first kappa shape index (κ1) is 14.4. The van der Waals surface area contributed by atoms with Crippen molar-refractivity contribution in [1.29, 1.82) is 0 Å². The second kappa shape index (κ2) is 4.89. The van der Waals surface area contributed by atoms with Crippen LogP contribution in [0.1, 0.15) is 26.7 Å². The molecule has 1 aliphatic rings. The first-order valence-electron chi connectivity index (χ1n) is 5.49. The molecule has 0 radical (unpaired) electrons. The summed E-state index contributed by atoms with van der Waals surface area (Å²) in [5.41, 5.74) is -0.527. The van der Waals surface area contributed by atoms with Crippen molar-refractivity contribution in [2.75, 3.05) is 18.9 Å². The SMILES string of the molecule is CC(C)(CCO)N1CC(CS(=O)(=O)F)CC1=O. The highest BCUT2D eigenvalue weighted by molar-refractivity contribution is 7.86. The third-order valence-electron chi connectivity index (χ3n) is 3.09. The lowest BCUT2D eigenvalue weighted by Gasteiger charge is -2.35. The molecule has 7 heteroatoms. The molecule has 17 heavy (non-hydrogen) atoms. The van der Waals surface area contributed by atoms with Crippen molar-refractivity contribution < 1.29 is 22.2 Å².